The van der Waals surface area contributed by atoms with Crippen molar-refractivity contribution >= 4 is 17.2 Å². The summed E-state index contributed by atoms with van der Waals surface area (Å²) in [6, 6.07) is 18.5. The van der Waals surface area contributed by atoms with Crippen molar-refractivity contribution in [3.63, 3.8) is 0 Å². The van der Waals surface area contributed by atoms with Crippen LogP contribution in [0.4, 0.5) is 11.4 Å². The lowest BCUT2D eigenvalue weighted by molar-refractivity contribution is 0.590. The third-order valence-electron chi connectivity index (χ3n) is 5.02. The first-order chi connectivity index (χ1) is 14.4. The second kappa shape index (κ2) is 8.06. The molecule has 1 aromatic heterocycles. The predicted octanol–water partition coefficient (Wildman–Crippen LogP) is 4.88. The Kier molecular flexibility index (Phi) is 5.31. The minimum Gasteiger partial charge on any atom is -0.353 e. The van der Waals surface area contributed by atoms with E-state index in [-0.39, 0.29) is 11.7 Å². The van der Waals surface area contributed by atoms with Gasteiger partial charge in [0.2, 0.25) is 0 Å². The highest BCUT2D eigenvalue weighted by atomic mass is 15.3. The van der Waals surface area contributed by atoms with Crippen LogP contribution in [0.2, 0.25) is 0 Å². The van der Waals surface area contributed by atoms with Gasteiger partial charge in [0, 0.05) is 35.5 Å². The van der Waals surface area contributed by atoms with Crippen LogP contribution in [0.25, 0.3) is 5.69 Å². The molecule has 0 saturated carbocycles. The van der Waals surface area contributed by atoms with Crippen molar-refractivity contribution in [3.05, 3.63) is 84.3 Å². The van der Waals surface area contributed by atoms with Gasteiger partial charge in [-0.2, -0.15) is 5.10 Å². The highest BCUT2D eigenvalue weighted by molar-refractivity contribution is 6.08. The van der Waals surface area contributed by atoms with Crippen molar-refractivity contribution < 1.29 is 0 Å². The number of nitrogens with one attached hydrogen (secondary N) is 3. The zero-order chi connectivity index (χ0) is 21.1. The largest absolute Gasteiger partial charge is 0.353 e. The van der Waals surface area contributed by atoms with E-state index in [1.807, 2.05) is 54.3 Å². The maximum absolute atomic E-state index is 4.82. The second-order valence-electron chi connectivity index (χ2n) is 8.47. The van der Waals surface area contributed by atoms with Crippen LogP contribution in [0.1, 0.15) is 33.3 Å². The quantitative estimate of drug-likeness (QED) is 0.584. The Morgan fingerprint density at radius 1 is 1.00 bits per heavy atom. The number of rotatable bonds is 4. The molecule has 0 fully saturated rings. The summed E-state index contributed by atoms with van der Waals surface area (Å²) in [7, 11) is 0. The molecular weight excluding hydrogens is 372 g/mol. The van der Waals surface area contributed by atoms with Gasteiger partial charge in [-0.25, -0.2) is 9.67 Å². The molecule has 1 unspecified atom stereocenters. The van der Waals surface area contributed by atoms with Crippen LogP contribution >= 0.6 is 0 Å². The van der Waals surface area contributed by atoms with Gasteiger partial charge in [-0.1, -0.05) is 32.9 Å². The molecular formula is C24H28N6. The Morgan fingerprint density at radius 2 is 1.80 bits per heavy atom. The van der Waals surface area contributed by atoms with Crippen LogP contribution in [-0.4, -0.2) is 21.9 Å². The summed E-state index contributed by atoms with van der Waals surface area (Å²) in [6.07, 6.45) is 5.43. The average molecular weight is 401 g/mol. The van der Waals surface area contributed by atoms with Gasteiger partial charge < -0.3 is 16.0 Å². The lowest BCUT2D eigenvalue weighted by Gasteiger charge is -2.24. The number of aliphatic imine (C=N–C) groups is 1. The second-order valence-corrected chi connectivity index (χ2v) is 8.47. The fourth-order valence-electron chi connectivity index (χ4n) is 3.24. The molecule has 3 N–H and O–H groups in total. The molecule has 0 bridgehead atoms. The summed E-state index contributed by atoms with van der Waals surface area (Å²) in [6.45, 7) is 8.70. The van der Waals surface area contributed by atoms with Crippen molar-refractivity contribution in [1.29, 1.82) is 0 Å². The zero-order valence-corrected chi connectivity index (χ0v) is 17.8. The Balaban J connectivity index is 1.47. The molecule has 3 aromatic rings. The van der Waals surface area contributed by atoms with Gasteiger partial charge in [0.15, 0.2) is 6.29 Å². The van der Waals surface area contributed by atoms with E-state index < -0.39 is 0 Å². The van der Waals surface area contributed by atoms with Gasteiger partial charge >= 0.3 is 0 Å². The number of amidine groups is 1. The lowest BCUT2D eigenvalue weighted by Crippen LogP contribution is -2.37. The van der Waals surface area contributed by atoms with E-state index in [0.717, 1.165) is 28.5 Å². The van der Waals surface area contributed by atoms with Crippen LogP contribution < -0.4 is 16.0 Å². The fourth-order valence-corrected chi connectivity index (χ4v) is 3.24. The maximum Gasteiger partial charge on any atom is 0.196 e. The van der Waals surface area contributed by atoms with Crippen LogP contribution in [0, 0.1) is 0 Å². The summed E-state index contributed by atoms with van der Waals surface area (Å²) in [5.41, 5.74) is 5.49. The summed E-state index contributed by atoms with van der Waals surface area (Å²) < 4.78 is 1.83. The molecule has 30 heavy (non-hydrogen) atoms. The highest BCUT2D eigenvalue weighted by Crippen LogP contribution is 2.25. The fraction of sp³-hybridized carbons (Fsp3) is 0.250. The summed E-state index contributed by atoms with van der Waals surface area (Å²) in [4.78, 5) is 4.82. The third kappa shape index (κ3) is 4.54. The van der Waals surface area contributed by atoms with E-state index in [2.05, 4.69) is 66.1 Å². The molecule has 1 aliphatic rings. The Labute approximate surface area is 177 Å². The van der Waals surface area contributed by atoms with Gasteiger partial charge in [0.1, 0.15) is 5.84 Å². The summed E-state index contributed by atoms with van der Waals surface area (Å²) >= 11 is 0. The van der Waals surface area contributed by atoms with E-state index in [0.29, 0.717) is 0 Å². The Hall–Kier alpha value is -3.54. The van der Waals surface area contributed by atoms with Crippen LogP contribution in [0.15, 0.2) is 83.8 Å². The van der Waals surface area contributed by atoms with E-state index in [1.54, 1.807) is 6.20 Å². The Morgan fingerprint density at radius 3 is 2.50 bits per heavy atom. The molecule has 4 rings (SSSR count). The molecule has 0 radical (unpaired) electrons. The topological polar surface area (TPSA) is 66.3 Å². The third-order valence-corrected chi connectivity index (χ3v) is 5.02. The first-order valence-electron chi connectivity index (χ1n) is 10.1. The van der Waals surface area contributed by atoms with Crippen molar-refractivity contribution in [2.45, 2.75) is 39.4 Å². The minimum atomic E-state index is -0.252. The maximum atomic E-state index is 4.82. The van der Waals surface area contributed by atoms with Crippen molar-refractivity contribution in [2.24, 2.45) is 4.99 Å². The molecule has 1 aliphatic heterocycles. The monoisotopic (exact) mass is 400 g/mol. The summed E-state index contributed by atoms with van der Waals surface area (Å²) in [5, 5.41) is 14.4. The number of nitrogens with zero attached hydrogens (tertiary/aromatic N) is 3. The SMILES string of the molecule is CC1=CNC(Nc2ccc(-n3cccn3)cc2)N=C1Nc1cccc(C(C)(C)C)c1. The van der Waals surface area contributed by atoms with E-state index in [9.17, 15) is 0 Å². The molecule has 154 valence electrons. The molecule has 0 spiro atoms. The average Bonchev–Trinajstić information content (AvgIpc) is 3.26. The molecule has 0 aliphatic carbocycles. The van der Waals surface area contributed by atoms with Gasteiger partial charge in [-0.3, -0.25) is 0 Å². The molecule has 0 saturated heterocycles. The van der Waals surface area contributed by atoms with Crippen molar-refractivity contribution in [1.82, 2.24) is 15.1 Å². The van der Waals surface area contributed by atoms with Gasteiger partial charge in [-0.15, -0.1) is 0 Å². The Bertz CT molecular complexity index is 1060. The lowest BCUT2D eigenvalue weighted by atomic mass is 9.87. The van der Waals surface area contributed by atoms with Crippen molar-refractivity contribution in [3.8, 4) is 5.69 Å². The highest BCUT2D eigenvalue weighted by Gasteiger charge is 2.17. The number of benzene rings is 2. The number of hydrogen-bond donors (Lipinski definition) is 3. The number of hydrogen-bond acceptors (Lipinski definition) is 5. The molecule has 6 nitrogen and oxygen atoms in total. The first-order valence-corrected chi connectivity index (χ1v) is 10.1. The van der Waals surface area contributed by atoms with E-state index in [4.69, 9.17) is 4.99 Å². The summed E-state index contributed by atoms with van der Waals surface area (Å²) in [5.74, 6) is 0.852. The van der Waals surface area contributed by atoms with Crippen LogP contribution in [0.3, 0.4) is 0 Å². The van der Waals surface area contributed by atoms with E-state index >= 15 is 0 Å². The van der Waals surface area contributed by atoms with Gasteiger partial charge in [0.25, 0.3) is 0 Å². The van der Waals surface area contributed by atoms with Crippen molar-refractivity contribution in [2.75, 3.05) is 10.6 Å². The first kappa shape index (κ1) is 19.8. The number of anilines is 2. The molecule has 1 atom stereocenters. The smallest absolute Gasteiger partial charge is 0.196 e. The number of aromatic nitrogens is 2. The van der Waals surface area contributed by atoms with Gasteiger partial charge in [0.05, 0.1) is 5.69 Å². The minimum absolute atomic E-state index is 0.102. The standard InChI is InChI=1S/C24H28N6/c1-17-16-25-23(28-19-9-11-21(12-10-19)30-14-6-13-26-30)29-22(17)27-20-8-5-7-18(15-20)24(2,3)4/h5-16,23,25,28H,1-4H3,(H,27,29). The van der Waals surface area contributed by atoms with Crippen LogP contribution in [0.5, 0.6) is 0 Å². The normalized spacial score (nSPS) is 16.3. The zero-order valence-electron chi connectivity index (χ0n) is 17.8. The van der Waals surface area contributed by atoms with E-state index in [1.165, 1.54) is 5.56 Å². The molecule has 2 heterocycles. The molecule has 0 amide bonds. The molecule has 6 heteroatoms. The molecule has 2 aromatic carbocycles. The van der Waals surface area contributed by atoms with Gasteiger partial charge in [-0.05, 0) is 60.4 Å². The predicted molar refractivity (Wildman–Crippen MR) is 124 cm³/mol. The van der Waals surface area contributed by atoms with Crippen LogP contribution in [-0.2, 0) is 5.41 Å².